The van der Waals surface area contributed by atoms with Crippen LogP contribution in [-0.4, -0.2) is 42.1 Å². The standard InChI is InChI=1S/C24H16F3N5O4/c1-12-21(13(2)36-31-12)15-5-18-19(10-32(22(18)30-7-15)16-8-28-11-29-9-16)17-4-3-14(23(33)34)6-20(17)35-24(25,26)27/h3-11H,1-2H3,(H,33,34). The van der Waals surface area contributed by atoms with Gasteiger partial charge in [-0.05, 0) is 38.1 Å². The monoisotopic (exact) mass is 495 g/mol. The van der Waals surface area contributed by atoms with E-state index in [1.54, 1.807) is 36.9 Å². The summed E-state index contributed by atoms with van der Waals surface area (Å²) >= 11 is 0. The van der Waals surface area contributed by atoms with Gasteiger partial charge < -0.3 is 14.4 Å². The number of alkyl halides is 3. The Balaban J connectivity index is 1.81. The van der Waals surface area contributed by atoms with Crippen molar-refractivity contribution in [3.05, 3.63) is 72.4 Å². The number of hydrogen-bond donors (Lipinski definition) is 1. The van der Waals surface area contributed by atoms with Crippen LogP contribution in [0.3, 0.4) is 0 Å². The number of aryl methyl sites for hydroxylation is 2. The summed E-state index contributed by atoms with van der Waals surface area (Å²) in [7, 11) is 0. The first-order valence-corrected chi connectivity index (χ1v) is 10.5. The third kappa shape index (κ3) is 4.13. The number of benzene rings is 1. The summed E-state index contributed by atoms with van der Waals surface area (Å²) in [6, 6.07) is 5.08. The molecule has 1 N–H and O–H groups in total. The van der Waals surface area contributed by atoms with E-state index in [2.05, 4.69) is 24.8 Å². The number of ether oxygens (including phenoxy) is 1. The van der Waals surface area contributed by atoms with Crippen molar-refractivity contribution in [1.82, 2.24) is 24.7 Å². The molecular formula is C24H16F3N5O4. The highest BCUT2D eigenvalue weighted by Gasteiger charge is 2.33. The van der Waals surface area contributed by atoms with Crippen LogP contribution in [0.1, 0.15) is 21.8 Å². The largest absolute Gasteiger partial charge is 0.573 e. The molecule has 0 aliphatic heterocycles. The number of carboxylic acid groups (broad SMARTS) is 1. The quantitative estimate of drug-likeness (QED) is 0.347. The number of halogens is 3. The summed E-state index contributed by atoms with van der Waals surface area (Å²) < 4.78 is 50.9. The van der Waals surface area contributed by atoms with Gasteiger partial charge in [0, 0.05) is 40.0 Å². The van der Waals surface area contributed by atoms with E-state index in [4.69, 9.17) is 4.52 Å². The summed E-state index contributed by atoms with van der Waals surface area (Å²) in [6.45, 7) is 3.51. The van der Waals surface area contributed by atoms with Gasteiger partial charge in [-0.3, -0.25) is 4.57 Å². The minimum absolute atomic E-state index is 0.0237. The van der Waals surface area contributed by atoms with Gasteiger partial charge >= 0.3 is 12.3 Å². The molecule has 0 saturated carbocycles. The number of fused-ring (bicyclic) bond motifs is 1. The topological polar surface area (TPSA) is 116 Å². The molecule has 1 aromatic carbocycles. The zero-order valence-corrected chi connectivity index (χ0v) is 18.7. The van der Waals surface area contributed by atoms with Crippen LogP contribution in [-0.2, 0) is 0 Å². The number of nitrogens with zero attached hydrogens (tertiary/aromatic N) is 5. The fraction of sp³-hybridized carbons (Fsp3) is 0.125. The highest BCUT2D eigenvalue weighted by molar-refractivity contribution is 5.99. The van der Waals surface area contributed by atoms with E-state index in [-0.39, 0.29) is 11.1 Å². The van der Waals surface area contributed by atoms with Crippen LogP contribution < -0.4 is 4.74 Å². The van der Waals surface area contributed by atoms with Crippen molar-refractivity contribution in [2.45, 2.75) is 20.2 Å². The number of carbonyl (C=O) groups is 1. The molecule has 5 aromatic rings. The van der Waals surface area contributed by atoms with Gasteiger partial charge in [-0.1, -0.05) is 5.16 Å². The average Bonchev–Trinajstić information content (AvgIpc) is 3.37. The van der Waals surface area contributed by atoms with E-state index in [1.165, 1.54) is 30.9 Å². The number of hydrogen-bond acceptors (Lipinski definition) is 7. The Morgan fingerprint density at radius 3 is 2.47 bits per heavy atom. The molecule has 4 aromatic heterocycles. The van der Waals surface area contributed by atoms with E-state index in [9.17, 15) is 23.1 Å². The Bertz CT molecular complexity index is 1590. The highest BCUT2D eigenvalue weighted by atomic mass is 19.4. The molecule has 9 nitrogen and oxygen atoms in total. The number of pyridine rings is 1. The van der Waals surface area contributed by atoms with Gasteiger partial charge in [-0.15, -0.1) is 13.2 Å². The third-order valence-electron chi connectivity index (χ3n) is 5.53. The zero-order chi connectivity index (χ0) is 25.6. The molecule has 0 amide bonds. The van der Waals surface area contributed by atoms with Crippen LogP contribution >= 0.6 is 0 Å². The molecule has 0 aliphatic rings. The van der Waals surface area contributed by atoms with Crippen molar-refractivity contribution >= 4 is 17.0 Å². The summed E-state index contributed by atoms with van der Waals surface area (Å²) in [6.07, 6.45) is 2.55. The lowest BCUT2D eigenvalue weighted by Crippen LogP contribution is -2.18. The van der Waals surface area contributed by atoms with E-state index in [1.807, 2.05) is 0 Å². The second-order valence-corrected chi connectivity index (χ2v) is 7.87. The molecule has 0 atom stereocenters. The molecule has 182 valence electrons. The van der Waals surface area contributed by atoms with Crippen LogP contribution in [0.5, 0.6) is 5.75 Å². The fourth-order valence-corrected chi connectivity index (χ4v) is 4.05. The molecule has 0 unspecified atom stereocenters. The van der Waals surface area contributed by atoms with Crippen molar-refractivity contribution in [3.63, 3.8) is 0 Å². The number of rotatable bonds is 5. The van der Waals surface area contributed by atoms with E-state index < -0.39 is 18.1 Å². The molecular weight excluding hydrogens is 479 g/mol. The molecule has 4 heterocycles. The van der Waals surface area contributed by atoms with Gasteiger partial charge in [0.1, 0.15) is 23.5 Å². The van der Waals surface area contributed by atoms with E-state index in [0.717, 1.165) is 6.07 Å². The Morgan fingerprint density at radius 1 is 1.08 bits per heavy atom. The molecule has 5 rings (SSSR count). The predicted octanol–water partition coefficient (Wildman–Crippen LogP) is 5.35. The fourth-order valence-electron chi connectivity index (χ4n) is 4.05. The van der Waals surface area contributed by atoms with E-state index >= 15 is 0 Å². The van der Waals surface area contributed by atoms with Gasteiger partial charge in [0.05, 0.1) is 29.3 Å². The van der Waals surface area contributed by atoms with Crippen LogP contribution in [0, 0.1) is 13.8 Å². The first-order chi connectivity index (χ1) is 17.1. The van der Waals surface area contributed by atoms with Crippen molar-refractivity contribution < 1.29 is 32.3 Å². The summed E-state index contributed by atoms with van der Waals surface area (Å²) in [5.74, 6) is -1.49. The molecule has 0 fully saturated rings. The predicted molar refractivity (Wildman–Crippen MR) is 121 cm³/mol. The maximum Gasteiger partial charge on any atom is 0.573 e. The van der Waals surface area contributed by atoms with E-state index in [0.29, 0.717) is 44.9 Å². The summed E-state index contributed by atoms with van der Waals surface area (Å²) in [5, 5.41) is 13.7. The lowest BCUT2D eigenvalue weighted by atomic mass is 10.00. The second-order valence-electron chi connectivity index (χ2n) is 7.87. The second kappa shape index (κ2) is 8.48. The number of aromatic nitrogens is 5. The molecule has 36 heavy (non-hydrogen) atoms. The smallest absolute Gasteiger partial charge is 0.478 e. The Labute approximate surface area is 200 Å². The minimum Gasteiger partial charge on any atom is -0.478 e. The summed E-state index contributed by atoms with van der Waals surface area (Å²) in [4.78, 5) is 24.0. The molecule has 0 spiro atoms. The van der Waals surface area contributed by atoms with Gasteiger partial charge in [0.15, 0.2) is 0 Å². The SMILES string of the molecule is Cc1noc(C)c1-c1cnc2c(c1)c(-c1ccc(C(=O)O)cc1OC(F)(F)F)cn2-c1cncnc1. The molecule has 0 saturated heterocycles. The highest BCUT2D eigenvalue weighted by Crippen LogP contribution is 2.41. The van der Waals surface area contributed by atoms with Crippen LogP contribution in [0.15, 0.2) is 59.9 Å². The van der Waals surface area contributed by atoms with Gasteiger partial charge in [0.2, 0.25) is 0 Å². The van der Waals surface area contributed by atoms with Gasteiger partial charge in [0.25, 0.3) is 0 Å². The Morgan fingerprint density at radius 2 is 1.83 bits per heavy atom. The maximum atomic E-state index is 13.3. The van der Waals surface area contributed by atoms with Crippen LogP contribution in [0.4, 0.5) is 13.2 Å². The molecule has 0 radical (unpaired) electrons. The molecule has 12 heteroatoms. The third-order valence-corrected chi connectivity index (χ3v) is 5.53. The van der Waals surface area contributed by atoms with Gasteiger partial charge in [-0.2, -0.15) is 0 Å². The Hall–Kier alpha value is -4.74. The van der Waals surface area contributed by atoms with Crippen LogP contribution in [0.2, 0.25) is 0 Å². The summed E-state index contributed by atoms with van der Waals surface area (Å²) in [5.41, 5.74) is 2.90. The molecule has 0 aliphatic carbocycles. The van der Waals surface area contributed by atoms with Gasteiger partial charge in [-0.25, -0.2) is 19.7 Å². The Kier molecular flexibility index (Phi) is 5.43. The number of carboxylic acids is 1. The minimum atomic E-state index is -5.04. The first-order valence-electron chi connectivity index (χ1n) is 10.5. The number of aromatic carboxylic acids is 1. The lowest BCUT2D eigenvalue weighted by Gasteiger charge is -2.14. The van der Waals surface area contributed by atoms with Crippen molar-refractivity contribution in [3.8, 4) is 33.7 Å². The first kappa shape index (κ1) is 23.0. The van der Waals surface area contributed by atoms with Crippen LogP contribution in [0.25, 0.3) is 39.0 Å². The average molecular weight is 495 g/mol. The molecule has 0 bridgehead atoms. The normalized spacial score (nSPS) is 11.7. The lowest BCUT2D eigenvalue weighted by molar-refractivity contribution is -0.274. The van der Waals surface area contributed by atoms with Crippen molar-refractivity contribution in [2.24, 2.45) is 0 Å². The zero-order valence-electron chi connectivity index (χ0n) is 18.7. The van der Waals surface area contributed by atoms with Crippen molar-refractivity contribution in [1.29, 1.82) is 0 Å². The maximum absolute atomic E-state index is 13.3. The van der Waals surface area contributed by atoms with Crippen molar-refractivity contribution in [2.75, 3.05) is 0 Å².